The number of hydrogen-bond donors (Lipinski definition) is 2. The Morgan fingerprint density at radius 1 is 1.32 bits per heavy atom. The van der Waals surface area contributed by atoms with Crippen LogP contribution in [0.3, 0.4) is 0 Å². The van der Waals surface area contributed by atoms with Crippen molar-refractivity contribution in [2.24, 2.45) is 17.6 Å². The fourth-order valence-electron chi connectivity index (χ4n) is 3.74. The Kier molecular flexibility index (Phi) is 3.94. The van der Waals surface area contributed by atoms with E-state index in [2.05, 4.69) is 39.0 Å². The molecule has 1 aromatic rings. The van der Waals surface area contributed by atoms with Gasteiger partial charge < -0.3 is 10.8 Å². The third kappa shape index (κ3) is 2.47. The molecule has 104 valence electrons. The number of fused-ring (bicyclic) bond motifs is 1. The molecule has 1 aliphatic heterocycles. The lowest BCUT2D eigenvalue weighted by molar-refractivity contribution is 0.118. The molecule has 1 heterocycles. The van der Waals surface area contributed by atoms with Crippen LogP contribution < -0.4 is 5.73 Å². The molecule has 1 aliphatic carbocycles. The summed E-state index contributed by atoms with van der Waals surface area (Å²) >= 11 is 3.63. The van der Waals surface area contributed by atoms with Gasteiger partial charge in [-0.25, -0.2) is 0 Å². The maximum Gasteiger partial charge on any atom is 0.0583 e. The minimum absolute atomic E-state index is 0.104. The van der Waals surface area contributed by atoms with Crippen molar-refractivity contribution in [2.45, 2.75) is 25.0 Å². The van der Waals surface area contributed by atoms with Crippen LogP contribution in [-0.2, 0) is 0 Å². The van der Waals surface area contributed by atoms with Gasteiger partial charge >= 0.3 is 0 Å². The second-order valence-electron chi connectivity index (χ2n) is 5.80. The first kappa shape index (κ1) is 13.6. The number of benzene rings is 1. The van der Waals surface area contributed by atoms with E-state index in [-0.39, 0.29) is 12.1 Å². The van der Waals surface area contributed by atoms with E-state index in [1.54, 1.807) is 0 Å². The van der Waals surface area contributed by atoms with E-state index in [0.29, 0.717) is 18.4 Å². The fraction of sp³-hybridized carbons (Fsp3) is 0.600. The van der Waals surface area contributed by atoms with Crippen LogP contribution >= 0.6 is 15.9 Å². The Bertz CT molecular complexity index is 454. The molecule has 2 fully saturated rings. The maximum absolute atomic E-state index is 10.0. The summed E-state index contributed by atoms with van der Waals surface area (Å²) in [5.74, 6) is 1.11. The SMILES string of the molecule is NCC(c1ccccc1Br)N1CC2CCC(O)C2C1. The van der Waals surface area contributed by atoms with Gasteiger partial charge in [-0.1, -0.05) is 34.1 Å². The first-order valence-corrected chi connectivity index (χ1v) is 7.86. The predicted octanol–water partition coefficient (Wildman–Crippen LogP) is 2.15. The van der Waals surface area contributed by atoms with Gasteiger partial charge in [0.05, 0.1) is 6.10 Å². The van der Waals surface area contributed by atoms with E-state index in [1.807, 2.05) is 6.07 Å². The summed E-state index contributed by atoms with van der Waals surface area (Å²) < 4.78 is 1.13. The third-order valence-electron chi connectivity index (χ3n) is 4.78. The number of halogens is 1. The fourth-order valence-corrected chi connectivity index (χ4v) is 4.29. The number of nitrogens with two attached hydrogens (primary N) is 1. The Hall–Kier alpha value is -0.420. The van der Waals surface area contributed by atoms with Crippen LogP contribution in [0.2, 0.25) is 0 Å². The van der Waals surface area contributed by atoms with E-state index >= 15 is 0 Å². The topological polar surface area (TPSA) is 49.5 Å². The minimum Gasteiger partial charge on any atom is -0.393 e. The molecule has 3 nitrogen and oxygen atoms in total. The Morgan fingerprint density at radius 2 is 2.11 bits per heavy atom. The average Bonchev–Trinajstić information content (AvgIpc) is 2.96. The molecule has 0 bridgehead atoms. The molecule has 4 unspecified atom stereocenters. The van der Waals surface area contributed by atoms with E-state index in [1.165, 1.54) is 5.56 Å². The molecule has 3 N–H and O–H groups in total. The standard InChI is InChI=1S/C15H21BrN2O/c16-13-4-2-1-3-11(13)14(7-17)18-8-10-5-6-15(19)12(10)9-18/h1-4,10,12,14-15,19H,5-9,17H2. The second-order valence-corrected chi connectivity index (χ2v) is 6.65. The first-order chi connectivity index (χ1) is 9.20. The van der Waals surface area contributed by atoms with Gasteiger partial charge in [0.1, 0.15) is 0 Å². The largest absolute Gasteiger partial charge is 0.393 e. The number of likely N-dealkylation sites (tertiary alicyclic amines) is 1. The predicted molar refractivity (Wildman–Crippen MR) is 79.7 cm³/mol. The smallest absolute Gasteiger partial charge is 0.0583 e. The monoisotopic (exact) mass is 324 g/mol. The highest BCUT2D eigenvalue weighted by Gasteiger charge is 2.43. The van der Waals surface area contributed by atoms with Gasteiger partial charge in [-0.3, -0.25) is 4.90 Å². The number of aliphatic hydroxyl groups is 1. The highest BCUT2D eigenvalue weighted by Crippen LogP contribution is 2.41. The lowest BCUT2D eigenvalue weighted by Gasteiger charge is -2.29. The molecule has 0 amide bonds. The highest BCUT2D eigenvalue weighted by atomic mass is 79.9. The quantitative estimate of drug-likeness (QED) is 0.895. The first-order valence-electron chi connectivity index (χ1n) is 7.07. The van der Waals surface area contributed by atoms with Crippen molar-refractivity contribution in [3.8, 4) is 0 Å². The van der Waals surface area contributed by atoms with Crippen LogP contribution in [0, 0.1) is 11.8 Å². The lowest BCUT2D eigenvalue weighted by atomic mass is 10.00. The van der Waals surface area contributed by atoms with E-state index in [4.69, 9.17) is 5.73 Å². The number of aliphatic hydroxyl groups excluding tert-OH is 1. The summed E-state index contributed by atoms with van der Waals surface area (Å²) in [5.41, 5.74) is 7.28. The average molecular weight is 325 g/mol. The molecule has 19 heavy (non-hydrogen) atoms. The van der Waals surface area contributed by atoms with Crippen LogP contribution in [0.1, 0.15) is 24.4 Å². The summed E-state index contributed by atoms with van der Waals surface area (Å²) in [7, 11) is 0. The molecule has 1 saturated carbocycles. The van der Waals surface area contributed by atoms with Crippen molar-refractivity contribution in [2.75, 3.05) is 19.6 Å². The molecule has 0 aromatic heterocycles. The number of rotatable bonds is 3. The van der Waals surface area contributed by atoms with Crippen LogP contribution in [0.4, 0.5) is 0 Å². The van der Waals surface area contributed by atoms with Gasteiger partial charge in [0.25, 0.3) is 0 Å². The lowest BCUT2D eigenvalue weighted by Crippen LogP contribution is -2.34. The maximum atomic E-state index is 10.0. The van der Waals surface area contributed by atoms with Crippen molar-refractivity contribution in [3.63, 3.8) is 0 Å². The van der Waals surface area contributed by atoms with Crippen LogP contribution in [-0.4, -0.2) is 35.7 Å². The second kappa shape index (κ2) is 5.52. The van der Waals surface area contributed by atoms with Crippen LogP contribution in [0.25, 0.3) is 0 Å². The van der Waals surface area contributed by atoms with Crippen molar-refractivity contribution >= 4 is 15.9 Å². The molecule has 4 heteroatoms. The Labute approximate surface area is 122 Å². The Morgan fingerprint density at radius 3 is 2.79 bits per heavy atom. The summed E-state index contributed by atoms with van der Waals surface area (Å²) in [6, 6.07) is 8.57. The van der Waals surface area contributed by atoms with Gasteiger partial charge in [0, 0.05) is 36.1 Å². The molecule has 1 saturated heterocycles. The van der Waals surface area contributed by atoms with Gasteiger partial charge in [0.15, 0.2) is 0 Å². The summed E-state index contributed by atoms with van der Waals surface area (Å²) in [6.07, 6.45) is 2.04. The zero-order valence-corrected chi connectivity index (χ0v) is 12.6. The summed E-state index contributed by atoms with van der Waals surface area (Å²) in [6.45, 7) is 2.68. The molecule has 2 aliphatic rings. The highest BCUT2D eigenvalue weighted by molar-refractivity contribution is 9.10. The van der Waals surface area contributed by atoms with Crippen LogP contribution in [0.5, 0.6) is 0 Å². The van der Waals surface area contributed by atoms with Crippen LogP contribution in [0.15, 0.2) is 28.7 Å². The normalized spacial score (nSPS) is 32.5. The van der Waals surface area contributed by atoms with Crippen molar-refractivity contribution < 1.29 is 5.11 Å². The van der Waals surface area contributed by atoms with Crippen molar-refractivity contribution in [1.82, 2.24) is 4.90 Å². The molecule has 4 atom stereocenters. The Balaban J connectivity index is 1.79. The van der Waals surface area contributed by atoms with Gasteiger partial charge in [-0.2, -0.15) is 0 Å². The molecule has 0 spiro atoms. The molecular weight excluding hydrogens is 304 g/mol. The van der Waals surface area contributed by atoms with E-state index < -0.39 is 0 Å². The molecule has 3 rings (SSSR count). The van der Waals surface area contributed by atoms with Crippen molar-refractivity contribution in [3.05, 3.63) is 34.3 Å². The zero-order valence-electron chi connectivity index (χ0n) is 11.0. The van der Waals surface area contributed by atoms with E-state index in [0.717, 1.165) is 30.4 Å². The van der Waals surface area contributed by atoms with E-state index in [9.17, 15) is 5.11 Å². The summed E-state index contributed by atoms with van der Waals surface area (Å²) in [4.78, 5) is 2.46. The molecule has 1 aromatic carbocycles. The molecule has 0 radical (unpaired) electrons. The number of nitrogens with zero attached hydrogens (tertiary/aromatic N) is 1. The summed E-state index contributed by atoms with van der Waals surface area (Å²) in [5, 5.41) is 10.0. The third-order valence-corrected chi connectivity index (χ3v) is 5.50. The molecular formula is C15H21BrN2O. The van der Waals surface area contributed by atoms with Gasteiger partial charge in [-0.15, -0.1) is 0 Å². The van der Waals surface area contributed by atoms with Gasteiger partial charge in [-0.05, 0) is 30.4 Å². The zero-order chi connectivity index (χ0) is 13.4. The van der Waals surface area contributed by atoms with Gasteiger partial charge in [0.2, 0.25) is 0 Å². The number of hydrogen-bond acceptors (Lipinski definition) is 3. The minimum atomic E-state index is -0.104. The van der Waals surface area contributed by atoms with Crippen molar-refractivity contribution in [1.29, 1.82) is 0 Å².